The number of anilines is 1. The van der Waals surface area contributed by atoms with Crippen LogP contribution in [0.1, 0.15) is 11.3 Å². The average molecular weight is 470 g/mol. The van der Waals surface area contributed by atoms with Gasteiger partial charge in [0, 0.05) is 5.56 Å². The van der Waals surface area contributed by atoms with Crippen LogP contribution in [0, 0.1) is 0 Å². The molecule has 28 heavy (non-hydrogen) atoms. The van der Waals surface area contributed by atoms with Gasteiger partial charge in [0.05, 0.1) is 21.3 Å². The Morgan fingerprint density at radius 2 is 1.82 bits per heavy atom. The lowest BCUT2D eigenvalue weighted by molar-refractivity contribution is -0.136. The van der Waals surface area contributed by atoms with Crippen LogP contribution in [0.15, 0.2) is 16.1 Å². The van der Waals surface area contributed by atoms with Crippen LogP contribution in [0.4, 0.5) is 32.0 Å². The second kappa shape index (κ2) is 7.33. The highest BCUT2D eigenvalue weighted by Crippen LogP contribution is 2.47. The number of H-pyrrole nitrogens is 1. The van der Waals surface area contributed by atoms with Gasteiger partial charge in [0.2, 0.25) is 0 Å². The van der Waals surface area contributed by atoms with E-state index in [0.29, 0.717) is 6.07 Å². The van der Waals surface area contributed by atoms with Gasteiger partial charge < -0.3 is 16.7 Å². The van der Waals surface area contributed by atoms with Gasteiger partial charge in [0.15, 0.2) is 16.6 Å². The number of nitrogens with zero attached hydrogens (tertiary/aromatic N) is 2. The van der Waals surface area contributed by atoms with E-state index in [4.69, 9.17) is 39.9 Å². The van der Waals surface area contributed by atoms with Crippen LogP contribution in [0.2, 0.25) is 10.0 Å². The third-order valence-corrected chi connectivity index (χ3v) is 5.16. The summed E-state index contributed by atoms with van der Waals surface area (Å²) in [5, 5.41) is 14.9. The summed E-state index contributed by atoms with van der Waals surface area (Å²) in [6, 6.07) is 0.330. The van der Waals surface area contributed by atoms with Crippen molar-refractivity contribution in [2.45, 2.75) is 16.6 Å². The highest BCUT2D eigenvalue weighted by molar-refractivity contribution is 7.86. The first-order valence-electron chi connectivity index (χ1n) is 6.61. The van der Waals surface area contributed by atoms with Gasteiger partial charge in [-0.2, -0.15) is 31.4 Å². The number of nitrogens with two attached hydrogens (primary N) is 2. The number of halogens is 8. The molecule has 0 aliphatic carbocycles. The van der Waals surface area contributed by atoms with E-state index >= 15 is 0 Å². The first-order valence-corrected chi connectivity index (χ1v) is 8.52. The Balaban J connectivity index is 2.89. The Bertz CT molecular complexity index is 988. The minimum atomic E-state index is -5.33. The average Bonchev–Trinajstić information content (AvgIpc) is 2.99. The summed E-state index contributed by atoms with van der Waals surface area (Å²) in [6.07, 6.45) is -4.96. The maximum absolute atomic E-state index is 13.0. The Kier molecular flexibility index (Phi) is 5.78. The molecule has 0 aliphatic rings. The SMILES string of the molecule is NC(=NO)c1[nH]nc(-c2c(Cl)cc(C(F)(F)F)c(N)c2Cl)c1S(=O)C(F)(F)F. The molecule has 0 saturated heterocycles. The van der Waals surface area contributed by atoms with Crippen LogP contribution in [0.25, 0.3) is 11.3 Å². The van der Waals surface area contributed by atoms with E-state index in [9.17, 15) is 30.6 Å². The summed E-state index contributed by atoms with van der Waals surface area (Å²) in [7, 11) is -3.81. The molecule has 7 nitrogen and oxygen atoms in total. The van der Waals surface area contributed by atoms with Gasteiger partial charge in [0.25, 0.3) is 0 Å². The van der Waals surface area contributed by atoms with E-state index in [1.165, 1.54) is 0 Å². The molecule has 2 rings (SSSR count). The Labute approximate surface area is 163 Å². The number of nitrogen functional groups attached to an aromatic ring is 1. The highest BCUT2D eigenvalue weighted by atomic mass is 35.5. The quantitative estimate of drug-likeness (QED) is 0.136. The molecule has 16 heteroatoms. The van der Waals surface area contributed by atoms with Gasteiger partial charge in [-0.1, -0.05) is 28.4 Å². The number of nitrogens with one attached hydrogen (secondary N) is 1. The molecule has 1 aromatic heterocycles. The molecule has 0 bridgehead atoms. The van der Waals surface area contributed by atoms with E-state index in [1.54, 1.807) is 0 Å². The van der Waals surface area contributed by atoms with Crippen molar-refractivity contribution in [3.8, 4) is 11.3 Å². The number of hydrogen-bond donors (Lipinski definition) is 4. The Morgan fingerprint density at radius 3 is 2.29 bits per heavy atom. The van der Waals surface area contributed by atoms with Gasteiger partial charge in [-0.25, -0.2) is 4.21 Å². The molecule has 0 radical (unpaired) electrons. The van der Waals surface area contributed by atoms with Crippen molar-refractivity contribution in [3.05, 3.63) is 27.4 Å². The molecule has 1 atom stereocenters. The second-order valence-electron chi connectivity index (χ2n) is 4.98. The van der Waals surface area contributed by atoms with Gasteiger partial charge in [-0.3, -0.25) is 5.10 Å². The monoisotopic (exact) mass is 469 g/mol. The number of hydrogen-bond acceptors (Lipinski definition) is 5. The first-order chi connectivity index (χ1) is 12.7. The van der Waals surface area contributed by atoms with Gasteiger partial charge in [-0.05, 0) is 6.07 Å². The number of aromatic nitrogens is 2. The third-order valence-electron chi connectivity index (χ3n) is 3.28. The topological polar surface area (TPSA) is 130 Å². The van der Waals surface area contributed by atoms with Crippen molar-refractivity contribution in [1.82, 2.24) is 10.2 Å². The van der Waals surface area contributed by atoms with Crippen LogP contribution in [-0.2, 0) is 17.0 Å². The number of benzene rings is 1. The minimum absolute atomic E-state index is 0.330. The highest BCUT2D eigenvalue weighted by Gasteiger charge is 2.43. The molecule has 0 amide bonds. The summed E-state index contributed by atoms with van der Waals surface area (Å²) >= 11 is 11.6. The van der Waals surface area contributed by atoms with Crippen LogP contribution in [0.5, 0.6) is 0 Å². The van der Waals surface area contributed by atoms with Crippen molar-refractivity contribution in [3.63, 3.8) is 0 Å². The summed E-state index contributed by atoms with van der Waals surface area (Å²) in [5.41, 5.74) is 0.480. The molecular formula is C12H7Cl2F6N5O2S. The molecule has 1 heterocycles. The van der Waals surface area contributed by atoms with Crippen LogP contribution in [0.3, 0.4) is 0 Å². The molecule has 0 aliphatic heterocycles. The van der Waals surface area contributed by atoms with Crippen molar-refractivity contribution in [2.75, 3.05) is 5.73 Å². The minimum Gasteiger partial charge on any atom is -0.409 e. The summed E-state index contributed by atoms with van der Waals surface area (Å²) in [4.78, 5) is -1.16. The number of alkyl halides is 6. The molecule has 154 valence electrons. The van der Waals surface area contributed by atoms with Crippen molar-refractivity contribution < 1.29 is 35.8 Å². The maximum atomic E-state index is 13.0. The van der Waals surface area contributed by atoms with Crippen LogP contribution >= 0.6 is 23.2 Å². The number of oxime groups is 1. The van der Waals surface area contributed by atoms with Gasteiger partial charge >= 0.3 is 11.7 Å². The number of amidine groups is 1. The normalized spacial score (nSPS) is 14.4. The summed E-state index contributed by atoms with van der Waals surface area (Å²) in [5.74, 6) is -0.932. The maximum Gasteiger partial charge on any atom is 0.476 e. The van der Waals surface area contributed by atoms with E-state index in [-0.39, 0.29) is 0 Å². The molecule has 0 saturated carbocycles. The van der Waals surface area contributed by atoms with Crippen molar-refractivity contribution in [2.24, 2.45) is 10.9 Å². The molecule has 2 aromatic rings. The second-order valence-corrected chi connectivity index (χ2v) is 7.18. The zero-order chi connectivity index (χ0) is 21.6. The van der Waals surface area contributed by atoms with Gasteiger partial charge in [-0.15, -0.1) is 0 Å². The van der Waals surface area contributed by atoms with Crippen LogP contribution < -0.4 is 11.5 Å². The standard InChI is InChI=1S/C12H7Cl2F6N5O2S/c13-3-1-2(11(15,16)17)6(21)5(14)4(3)7-9(28(27)12(18,19)20)8(24-23-7)10(22)25-26/h1,26H,21H2,(H2,22,25)(H,23,24). The fourth-order valence-corrected chi connectivity index (χ4v) is 3.63. The summed E-state index contributed by atoms with van der Waals surface area (Å²) < 4.78 is 90.0. The van der Waals surface area contributed by atoms with Crippen molar-refractivity contribution >= 4 is 45.5 Å². The largest absolute Gasteiger partial charge is 0.476 e. The lowest BCUT2D eigenvalue weighted by Crippen LogP contribution is -2.22. The molecule has 0 spiro atoms. The lowest BCUT2D eigenvalue weighted by atomic mass is 10.1. The van der Waals surface area contributed by atoms with E-state index in [0.717, 1.165) is 0 Å². The summed E-state index contributed by atoms with van der Waals surface area (Å²) in [6.45, 7) is 0. The van der Waals surface area contributed by atoms with E-state index in [2.05, 4.69) is 10.3 Å². The van der Waals surface area contributed by atoms with Gasteiger partial charge in [0.1, 0.15) is 16.3 Å². The molecule has 0 fully saturated rings. The third kappa shape index (κ3) is 3.84. The van der Waals surface area contributed by atoms with E-state index < -0.39 is 71.5 Å². The van der Waals surface area contributed by atoms with Crippen LogP contribution in [-0.4, -0.2) is 31.0 Å². The van der Waals surface area contributed by atoms with Crippen molar-refractivity contribution in [1.29, 1.82) is 0 Å². The fraction of sp³-hybridized carbons (Fsp3) is 0.167. The van der Waals surface area contributed by atoms with E-state index in [1.807, 2.05) is 5.10 Å². The smallest absolute Gasteiger partial charge is 0.409 e. The molecule has 1 unspecified atom stereocenters. The number of rotatable bonds is 3. The Morgan fingerprint density at radius 1 is 1.25 bits per heavy atom. The Hall–Kier alpha value is -2.19. The zero-order valence-electron chi connectivity index (χ0n) is 12.9. The first kappa shape index (κ1) is 22.1. The fourth-order valence-electron chi connectivity index (χ4n) is 2.11. The molecule has 1 aromatic carbocycles. The predicted molar refractivity (Wildman–Crippen MR) is 88.4 cm³/mol. The zero-order valence-corrected chi connectivity index (χ0v) is 15.2. The number of aromatic amines is 1. The predicted octanol–water partition coefficient (Wildman–Crippen LogP) is 3.71. The lowest BCUT2D eigenvalue weighted by Gasteiger charge is -2.16. The molecule has 6 N–H and O–H groups in total. The molecular weight excluding hydrogens is 463 g/mol.